The van der Waals surface area contributed by atoms with Gasteiger partial charge >= 0.3 is 5.97 Å². The van der Waals surface area contributed by atoms with E-state index in [1.165, 1.54) is 0 Å². The van der Waals surface area contributed by atoms with E-state index in [0.29, 0.717) is 0 Å². The molecule has 0 aromatic rings. The second kappa shape index (κ2) is 3.01. The van der Waals surface area contributed by atoms with Crippen molar-refractivity contribution >= 4 is 5.97 Å². The molecule has 0 aliphatic carbocycles. The van der Waals surface area contributed by atoms with Crippen molar-refractivity contribution in [1.29, 1.82) is 0 Å². The van der Waals surface area contributed by atoms with Crippen LogP contribution in [0.4, 0.5) is 0 Å². The minimum absolute atomic E-state index is 0.0115. The summed E-state index contributed by atoms with van der Waals surface area (Å²) in [6.45, 7) is 2.08. The third-order valence-corrected chi connectivity index (χ3v) is 1.67. The van der Waals surface area contributed by atoms with Crippen LogP contribution in [0.2, 0.25) is 0 Å². The zero-order valence-electron chi connectivity index (χ0n) is 6.04. The standard InChI is InChI=1S/C7H12O3/c1-2-3-4-5-6(10-5)7(8)9/h5-6H,2-4H2,1H3,(H,8,9)/t5?,6-/m0/s1. The summed E-state index contributed by atoms with van der Waals surface area (Å²) in [4.78, 5) is 10.2. The summed E-state index contributed by atoms with van der Waals surface area (Å²) >= 11 is 0. The normalized spacial score (nSPS) is 30.1. The van der Waals surface area contributed by atoms with Crippen molar-refractivity contribution in [2.75, 3.05) is 0 Å². The average molecular weight is 144 g/mol. The molecule has 3 heteroatoms. The predicted octanol–water partition coefficient (Wildman–Crippen LogP) is 1.03. The molecule has 0 radical (unpaired) electrons. The molecule has 0 aromatic carbocycles. The second-order valence-electron chi connectivity index (χ2n) is 2.58. The zero-order valence-corrected chi connectivity index (χ0v) is 6.04. The minimum Gasteiger partial charge on any atom is -0.479 e. The summed E-state index contributed by atoms with van der Waals surface area (Å²) in [5, 5.41) is 8.40. The summed E-state index contributed by atoms with van der Waals surface area (Å²) in [6, 6.07) is 0. The molecule has 1 aliphatic heterocycles. The van der Waals surface area contributed by atoms with E-state index in [1.807, 2.05) is 0 Å². The molecule has 1 aliphatic rings. The summed E-state index contributed by atoms with van der Waals surface area (Å²) in [5.74, 6) is -0.818. The van der Waals surface area contributed by atoms with Crippen LogP contribution in [0.5, 0.6) is 0 Å². The summed E-state index contributed by atoms with van der Waals surface area (Å²) in [5.41, 5.74) is 0. The monoisotopic (exact) mass is 144 g/mol. The first kappa shape index (κ1) is 7.54. The Hall–Kier alpha value is -0.570. The largest absolute Gasteiger partial charge is 0.479 e. The Labute approximate surface area is 60.0 Å². The van der Waals surface area contributed by atoms with Gasteiger partial charge in [-0.3, -0.25) is 0 Å². The van der Waals surface area contributed by atoms with Crippen molar-refractivity contribution in [3.05, 3.63) is 0 Å². The molecular formula is C7H12O3. The maximum absolute atomic E-state index is 10.2. The quantitative estimate of drug-likeness (QED) is 0.599. The zero-order chi connectivity index (χ0) is 7.56. The Bertz CT molecular complexity index is 133. The fraction of sp³-hybridized carbons (Fsp3) is 0.857. The van der Waals surface area contributed by atoms with Gasteiger partial charge in [-0.1, -0.05) is 19.8 Å². The van der Waals surface area contributed by atoms with Gasteiger partial charge in [0.25, 0.3) is 0 Å². The molecule has 1 N–H and O–H groups in total. The number of rotatable bonds is 4. The number of epoxide rings is 1. The average Bonchev–Trinajstić information content (AvgIpc) is 2.62. The van der Waals surface area contributed by atoms with Gasteiger partial charge in [-0.25, -0.2) is 4.79 Å². The van der Waals surface area contributed by atoms with Crippen LogP contribution in [0.1, 0.15) is 26.2 Å². The van der Waals surface area contributed by atoms with Crippen LogP contribution in [0.25, 0.3) is 0 Å². The maximum Gasteiger partial charge on any atom is 0.335 e. The highest BCUT2D eigenvalue weighted by molar-refractivity contribution is 5.75. The first-order chi connectivity index (χ1) is 4.75. The molecule has 0 saturated carbocycles. The molecule has 2 atom stereocenters. The van der Waals surface area contributed by atoms with Crippen molar-refractivity contribution in [1.82, 2.24) is 0 Å². The summed E-state index contributed by atoms with van der Waals surface area (Å²) in [6.07, 6.45) is 2.58. The van der Waals surface area contributed by atoms with Gasteiger partial charge in [0, 0.05) is 0 Å². The first-order valence-electron chi connectivity index (χ1n) is 3.64. The Morgan fingerprint density at radius 2 is 2.40 bits per heavy atom. The van der Waals surface area contributed by atoms with E-state index in [4.69, 9.17) is 9.84 Å². The highest BCUT2D eigenvalue weighted by Crippen LogP contribution is 2.26. The molecule has 1 saturated heterocycles. The predicted molar refractivity (Wildman–Crippen MR) is 35.8 cm³/mol. The highest BCUT2D eigenvalue weighted by atomic mass is 16.6. The molecular weight excluding hydrogens is 132 g/mol. The van der Waals surface area contributed by atoms with Gasteiger partial charge in [0.05, 0.1) is 6.10 Å². The summed E-state index contributed by atoms with van der Waals surface area (Å²) < 4.78 is 4.88. The lowest BCUT2D eigenvalue weighted by molar-refractivity contribution is -0.138. The van der Waals surface area contributed by atoms with E-state index in [9.17, 15) is 4.79 Å². The number of unbranched alkanes of at least 4 members (excludes halogenated alkanes) is 1. The number of carboxylic acids is 1. The van der Waals surface area contributed by atoms with Crippen LogP contribution in [0, 0.1) is 0 Å². The lowest BCUT2D eigenvalue weighted by atomic mass is 10.2. The minimum atomic E-state index is -0.818. The number of hydrogen-bond acceptors (Lipinski definition) is 2. The SMILES string of the molecule is CCCCC1O[C@@H]1C(=O)O. The Morgan fingerprint density at radius 1 is 1.70 bits per heavy atom. The molecule has 3 nitrogen and oxygen atoms in total. The van der Waals surface area contributed by atoms with E-state index in [2.05, 4.69) is 6.92 Å². The molecule has 58 valence electrons. The van der Waals surface area contributed by atoms with E-state index in [1.54, 1.807) is 0 Å². The molecule has 0 aromatic heterocycles. The van der Waals surface area contributed by atoms with Crippen molar-refractivity contribution < 1.29 is 14.6 Å². The fourth-order valence-corrected chi connectivity index (χ4v) is 0.985. The number of carbonyl (C=O) groups is 1. The number of hydrogen-bond donors (Lipinski definition) is 1. The topological polar surface area (TPSA) is 49.8 Å². The molecule has 1 unspecified atom stereocenters. The third kappa shape index (κ3) is 1.70. The fourth-order valence-electron chi connectivity index (χ4n) is 0.985. The van der Waals surface area contributed by atoms with E-state index >= 15 is 0 Å². The molecule has 0 bridgehead atoms. The van der Waals surface area contributed by atoms with Crippen LogP contribution >= 0.6 is 0 Å². The number of aliphatic carboxylic acids is 1. The first-order valence-corrected chi connectivity index (χ1v) is 3.64. The molecule has 1 rings (SSSR count). The molecule has 0 spiro atoms. The molecule has 0 amide bonds. The van der Waals surface area contributed by atoms with Crippen molar-refractivity contribution in [3.8, 4) is 0 Å². The summed E-state index contributed by atoms with van der Waals surface area (Å²) in [7, 11) is 0. The highest BCUT2D eigenvalue weighted by Gasteiger charge is 2.44. The van der Waals surface area contributed by atoms with Crippen molar-refractivity contribution in [2.24, 2.45) is 0 Å². The van der Waals surface area contributed by atoms with Crippen molar-refractivity contribution in [3.63, 3.8) is 0 Å². The van der Waals surface area contributed by atoms with Gasteiger partial charge in [0.15, 0.2) is 6.10 Å². The second-order valence-corrected chi connectivity index (χ2v) is 2.58. The van der Waals surface area contributed by atoms with Gasteiger partial charge in [0.2, 0.25) is 0 Å². The van der Waals surface area contributed by atoms with Crippen LogP contribution < -0.4 is 0 Å². The van der Waals surface area contributed by atoms with Gasteiger partial charge in [-0.05, 0) is 6.42 Å². The Balaban J connectivity index is 2.08. The lowest BCUT2D eigenvalue weighted by Gasteiger charge is -1.88. The lowest BCUT2D eigenvalue weighted by Crippen LogP contribution is -2.07. The third-order valence-electron chi connectivity index (χ3n) is 1.67. The Kier molecular flexibility index (Phi) is 2.27. The van der Waals surface area contributed by atoms with Crippen LogP contribution in [-0.2, 0) is 9.53 Å². The molecule has 1 fully saturated rings. The number of carboxylic acid groups (broad SMARTS) is 1. The van der Waals surface area contributed by atoms with Crippen molar-refractivity contribution in [2.45, 2.75) is 38.4 Å². The Morgan fingerprint density at radius 3 is 2.80 bits per heavy atom. The van der Waals surface area contributed by atoms with Gasteiger partial charge in [-0.2, -0.15) is 0 Å². The van der Waals surface area contributed by atoms with Gasteiger partial charge < -0.3 is 9.84 Å². The number of ether oxygens (including phenoxy) is 1. The van der Waals surface area contributed by atoms with Crippen LogP contribution in [0.15, 0.2) is 0 Å². The van der Waals surface area contributed by atoms with Gasteiger partial charge in [-0.15, -0.1) is 0 Å². The van der Waals surface area contributed by atoms with Crippen LogP contribution in [-0.4, -0.2) is 23.3 Å². The maximum atomic E-state index is 10.2. The van der Waals surface area contributed by atoms with E-state index < -0.39 is 12.1 Å². The van der Waals surface area contributed by atoms with E-state index in [-0.39, 0.29) is 6.10 Å². The molecule has 1 heterocycles. The smallest absolute Gasteiger partial charge is 0.335 e. The van der Waals surface area contributed by atoms with Crippen LogP contribution in [0.3, 0.4) is 0 Å². The van der Waals surface area contributed by atoms with E-state index in [0.717, 1.165) is 19.3 Å². The molecule has 10 heavy (non-hydrogen) atoms. The van der Waals surface area contributed by atoms with Gasteiger partial charge in [0.1, 0.15) is 0 Å².